The van der Waals surface area contributed by atoms with E-state index in [0.29, 0.717) is 0 Å². The molecule has 0 aromatic carbocycles. The molecule has 0 saturated heterocycles. The summed E-state index contributed by atoms with van der Waals surface area (Å²) in [7, 11) is 0. The summed E-state index contributed by atoms with van der Waals surface area (Å²) in [5.74, 6) is 0. The quantitative estimate of drug-likeness (QED) is 0.639. The van der Waals surface area contributed by atoms with E-state index in [9.17, 15) is 0 Å². The van der Waals surface area contributed by atoms with E-state index >= 15 is 0 Å². The number of halogens is 1. The second kappa shape index (κ2) is 19.0. The summed E-state index contributed by atoms with van der Waals surface area (Å²) in [5, 5.41) is 7.57. The third kappa shape index (κ3) is 37.5. The van der Waals surface area contributed by atoms with Crippen molar-refractivity contribution in [3.8, 4) is 0 Å². The van der Waals surface area contributed by atoms with E-state index in [1.165, 1.54) is 0 Å². The van der Waals surface area contributed by atoms with Crippen molar-refractivity contribution in [1.29, 1.82) is 0 Å². The van der Waals surface area contributed by atoms with Gasteiger partial charge in [-0.2, -0.15) is 0 Å². The van der Waals surface area contributed by atoms with E-state index in [1.54, 1.807) is 6.92 Å². The van der Waals surface area contributed by atoms with E-state index in [1.807, 2.05) is 0 Å². The maximum absolute atomic E-state index is 7.57. The number of hydrogen-bond donors (Lipinski definition) is 1. The molecule has 0 bridgehead atoms. The second-order valence-electron chi connectivity index (χ2n) is 0.316. The normalized spacial score (nSPS) is 3.60. The van der Waals surface area contributed by atoms with Crippen LogP contribution in [-0.4, -0.2) is 11.7 Å². The molecule has 3 heteroatoms. The first-order chi connectivity index (χ1) is 1.41. The first kappa shape index (κ1) is 16.4. The number of rotatable bonds is 0. The molecule has 5 heavy (non-hydrogen) atoms. The van der Waals surface area contributed by atoms with Gasteiger partial charge in [-0.3, -0.25) is 0 Å². The maximum atomic E-state index is 7.57. The predicted octanol–water partition coefficient (Wildman–Crippen LogP) is 0.418. The minimum absolute atomic E-state index is 0. The van der Waals surface area contributed by atoms with Crippen LogP contribution in [-0.2, 0) is 27.7 Å². The van der Waals surface area contributed by atoms with Gasteiger partial charge in [0.15, 0.2) is 0 Å². The van der Waals surface area contributed by atoms with Crippen LogP contribution in [0, 0.1) is 0 Å². The van der Waals surface area contributed by atoms with Crippen molar-refractivity contribution in [2.24, 2.45) is 0 Å². The van der Waals surface area contributed by atoms with Crippen LogP contribution >= 0.6 is 12.4 Å². The summed E-state index contributed by atoms with van der Waals surface area (Å²) in [6, 6.07) is 0. The molecule has 0 amide bonds. The Kier molecular flexibility index (Phi) is 62.4. The van der Waals surface area contributed by atoms with Gasteiger partial charge in [-0.25, -0.2) is 0 Å². The van der Waals surface area contributed by atoms with E-state index in [2.05, 4.69) is 0 Å². The van der Waals surface area contributed by atoms with Crippen molar-refractivity contribution in [2.45, 2.75) is 6.92 Å². The van der Waals surface area contributed by atoms with Crippen LogP contribution < -0.4 is 0 Å². The van der Waals surface area contributed by atoms with Crippen LogP contribution in [0.5, 0.6) is 0 Å². The molecule has 0 aromatic rings. The summed E-state index contributed by atoms with van der Waals surface area (Å²) >= 11 is 0. The molecule has 0 fully saturated rings. The van der Waals surface area contributed by atoms with E-state index in [-0.39, 0.29) is 46.7 Å². The molecule has 1 nitrogen and oxygen atoms in total. The van der Waals surface area contributed by atoms with E-state index in [4.69, 9.17) is 5.11 Å². The van der Waals surface area contributed by atoms with Crippen molar-refractivity contribution >= 4 is 12.4 Å². The average Bonchev–Trinajstić information content (AvgIpc) is 0.918. The Morgan fingerprint density at radius 1 is 1.60 bits per heavy atom. The smallest absolute Gasteiger partial charge is 0.0402 e. The first-order valence-electron chi connectivity index (χ1n) is 1.02. The average molecular weight is 283 g/mol. The Morgan fingerprint density at radius 2 is 1.60 bits per heavy atom. The zero-order chi connectivity index (χ0) is 2.71. The number of hydrogen-bond acceptors (Lipinski definition) is 1. The Bertz CT molecular complexity index is 9.61. The molecule has 0 aliphatic carbocycles. The molecule has 0 rings (SSSR count). The molecule has 1 N–H and O–H groups in total. The zero-order valence-electron chi connectivity index (χ0n) is 3.27. The molecule has 30 valence electrons. The van der Waals surface area contributed by atoms with Crippen LogP contribution in [0.25, 0.3) is 0 Å². The third-order valence-corrected chi connectivity index (χ3v) is 0. The molecule has 0 heterocycles. The number of aliphatic hydroxyl groups excluding tert-OH is 1. The van der Waals surface area contributed by atoms with Gasteiger partial charge >= 0.3 is 0 Å². The zero-order valence-corrected chi connectivity index (χ0v) is 9.58. The van der Waals surface area contributed by atoms with Gasteiger partial charge in [0, 0.05) is 34.3 Å². The summed E-state index contributed by atoms with van der Waals surface area (Å²) in [6.45, 7) is 1.93. The molecule has 0 aliphatic rings. The van der Waals surface area contributed by atoms with Gasteiger partial charge in [0.2, 0.25) is 0 Å². The molecule has 0 aliphatic heterocycles. The van der Waals surface area contributed by atoms with Gasteiger partial charge in [-0.1, -0.05) is 0 Å². The minimum Gasteiger partial charge on any atom is -0.397 e. The molecule has 0 aromatic heterocycles. The Balaban J connectivity index is -0.0000000200. The van der Waals surface area contributed by atoms with Crippen molar-refractivity contribution in [2.75, 3.05) is 6.61 Å². The number of aliphatic hydroxyl groups is 1. The molecule has 0 unspecified atom stereocenters. The summed E-state index contributed by atoms with van der Waals surface area (Å²) in [6.07, 6.45) is 0. The first-order valence-corrected chi connectivity index (χ1v) is 1.02. The SMILES string of the molecule is CCO.Cl.[Hg]. The van der Waals surface area contributed by atoms with Gasteiger partial charge in [0.1, 0.15) is 0 Å². The molecular weight excluding hydrogens is 276 g/mol. The Hall–Kier alpha value is 1.19. The van der Waals surface area contributed by atoms with Gasteiger partial charge < -0.3 is 5.11 Å². The van der Waals surface area contributed by atoms with E-state index < -0.39 is 0 Å². The molecule has 0 spiro atoms. The third-order valence-electron chi connectivity index (χ3n) is 0. The van der Waals surface area contributed by atoms with Crippen molar-refractivity contribution in [3.63, 3.8) is 0 Å². The van der Waals surface area contributed by atoms with Crippen LogP contribution in [0.3, 0.4) is 0 Å². The van der Waals surface area contributed by atoms with Gasteiger partial charge in [0.05, 0.1) is 0 Å². The van der Waals surface area contributed by atoms with E-state index in [0.717, 1.165) is 0 Å². The summed E-state index contributed by atoms with van der Waals surface area (Å²) in [5.41, 5.74) is 0. The maximum Gasteiger partial charge on any atom is 0.0402 e. The van der Waals surface area contributed by atoms with Crippen LogP contribution in [0.1, 0.15) is 6.92 Å². The predicted molar refractivity (Wildman–Crippen MR) is 20.0 cm³/mol. The fourth-order valence-electron chi connectivity index (χ4n) is 0. The fraction of sp³-hybridized carbons (Fsp3) is 1.00. The summed E-state index contributed by atoms with van der Waals surface area (Å²) in [4.78, 5) is 0. The van der Waals surface area contributed by atoms with Crippen LogP contribution in [0.4, 0.5) is 0 Å². The Labute approximate surface area is 58.7 Å². The standard InChI is InChI=1S/C2H6O.ClH.Hg/c1-2-3;;/h3H,2H2,1H3;1H;. The van der Waals surface area contributed by atoms with Crippen molar-refractivity contribution < 1.29 is 32.8 Å². The van der Waals surface area contributed by atoms with Crippen molar-refractivity contribution in [3.05, 3.63) is 0 Å². The Morgan fingerprint density at radius 3 is 1.60 bits per heavy atom. The monoisotopic (exact) mass is 284 g/mol. The fourth-order valence-corrected chi connectivity index (χ4v) is 0. The second-order valence-corrected chi connectivity index (χ2v) is 0.316. The minimum atomic E-state index is 0. The topological polar surface area (TPSA) is 20.2 Å². The molecule has 0 radical (unpaired) electrons. The molecule has 0 atom stereocenters. The van der Waals surface area contributed by atoms with Crippen molar-refractivity contribution in [1.82, 2.24) is 0 Å². The molecule has 0 saturated carbocycles. The van der Waals surface area contributed by atoms with Crippen LogP contribution in [0.2, 0.25) is 0 Å². The largest absolute Gasteiger partial charge is 0.397 e. The van der Waals surface area contributed by atoms with Crippen LogP contribution in [0.15, 0.2) is 0 Å². The molecular formula is C2H7ClHgO. The van der Waals surface area contributed by atoms with Gasteiger partial charge in [-0.15, -0.1) is 12.4 Å². The van der Waals surface area contributed by atoms with Gasteiger partial charge in [-0.05, 0) is 6.92 Å². The van der Waals surface area contributed by atoms with Gasteiger partial charge in [0.25, 0.3) is 0 Å². The summed E-state index contributed by atoms with van der Waals surface area (Å²) < 4.78 is 0.